The van der Waals surface area contributed by atoms with Gasteiger partial charge in [-0.2, -0.15) is 5.26 Å². The molecule has 62 valence electrons. The summed E-state index contributed by atoms with van der Waals surface area (Å²) < 4.78 is 0. The van der Waals surface area contributed by atoms with E-state index in [2.05, 4.69) is 4.98 Å². The standard InChI is InChI=1S/C9H11N3/c10-4-1-2-8-3-5-12-9(6-8)7-11/h3,5-6H,1-2,4,10H2. The molecule has 0 aliphatic carbocycles. The average molecular weight is 161 g/mol. The zero-order valence-corrected chi connectivity index (χ0v) is 6.83. The lowest BCUT2D eigenvalue weighted by molar-refractivity contribution is 0.830. The van der Waals surface area contributed by atoms with Crippen molar-refractivity contribution in [1.82, 2.24) is 4.98 Å². The summed E-state index contributed by atoms with van der Waals surface area (Å²) in [5.41, 5.74) is 6.97. The number of nitriles is 1. The normalized spacial score (nSPS) is 9.33. The van der Waals surface area contributed by atoms with Gasteiger partial charge in [-0.05, 0) is 37.1 Å². The van der Waals surface area contributed by atoms with Crippen LogP contribution in [0.3, 0.4) is 0 Å². The third-order valence-electron chi connectivity index (χ3n) is 1.61. The summed E-state index contributed by atoms with van der Waals surface area (Å²) in [6.45, 7) is 0.685. The average Bonchev–Trinajstić information content (AvgIpc) is 2.15. The van der Waals surface area contributed by atoms with Crippen molar-refractivity contribution in [2.24, 2.45) is 5.73 Å². The van der Waals surface area contributed by atoms with E-state index >= 15 is 0 Å². The van der Waals surface area contributed by atoms with Crippen LogP contribution in [0.15, 0.2) is 18.3 Å². The smallest absolute Gasteiger partial charge is 0.140 e. The Balaban J connectivity index is 2.68. The summed E-state index contributed by atoms with van der Waals surface area (Å²) in [6, 6.07) is 5.72. The van der Waals surface area contributed by atoms with E-state index in [1.807, 2.05) is 12.1 Å². The van der Waals surface area contributed by atoms with E-state index in [4.69, 9.17) is 11.0 Å². The second-order valence-corrected chi connectivity index (χ2v) is 2.55. The Bertz CT molecular complexity index is 288. The molecule has 0 aliphatic heterocycles. The first-order chi connectivity index (χ1) is 5.86. The maximum Gasteiger partial charge on any atom is 0.140 e. The molecular formula is C9H11N3. The number of hydrogen-bond donors (Lipinski definition) is 1. The van der Waals surface area contributed by atoms with Crippen LogP contribution in [0.2, 0.25) is 0 Å². The fourth-order valence-electron chi connectivity index (χ4n) is 0.997. The van der Waals surface area contributed by atoms with Crippen molar-refractivity contribution < 1.29 is 0 Å². The Labute approximate surface area is 71.8 Å². The molecule has 2 N–H and O–H groups in total. The predicted molar refractivity (Wildman–Crippen MR) is 46.3 cm³/mol. The second-order valence-electron chi connectivity index (χ2n) is 2.55. The number of aryl methyl sites for hydroxylation is 1. The molecule has 0 aliphatic rings. The third kappa shape index (κ3) is 2.33. The van der Waals surface area contributed by atoms with E-state index in [-0.39, 0.29) is 0 Å². The highest BCUT2D eigenvalue weighted by Gasteiger charge is 1.94. The number of nitrogens with two attached hydrogens (primary N) is 1. The van der Waals surface area contributed by atoms with Crippen LogP contribution in [-0.4, -0.2) is 11.5 Å². The van der Waals surface area contributed by atoms with Gasteiger partial charge in [0.2, 0.25) is 0 Å². The first kappa shape index (κ1) is 8.69. The van der Waals surface area contributed by atoms with Gasteiger partial charge in [0.15, 0.2) is 0 Å². The summed E-state index contributed by atoms with van der Waals surface area (Å²) in [4.78, 5) is 3.87. The van der Waals surface area contributed by atoms with Gasteiger partial charge < -0.3 is 5.73 Å². The van der Waals surface area contributed by atoms with Gasteiger partial charge in [-0.15, -0.1) is 0 Å². The maximum atomic E-state index is 8.55. The Hall–Kier alpha value is -1.40. The third-order valence-corrected chi connectivity index (χ3v) is 1.61. The molecule has 1 heterocycles. The molecule has 0 unspecified atom stereocenters. The van der Waals surface area contributed by atoms with Crippen LogP contribution in [0.4, 0.5) is 0 Å². The molecule has 0 amide bonds. The van der Waals surface area contributed by atoms with Crippen LogP contribution < -0.4 is 5.73 Å². The zero-order valence-electron chi connectivity index (χ0n) is 6.83. The Morgan fingerprint density at radius 2 is 2.42 bits per heavy atom. The predicted octanol–water partition coefficient (Wildman–Crippen LogP) is 0.845. The van der Waals surface area contributed by atoms with Gasteiger partial charge in [0.25, 0.3) is 0 Å². The Morgan fingerprint density at radius 1 is 1.58 bits per heavy atom. The van der Waals surface area contributed by atoms with Crippen LogP contribution in [0.5, 0.6) is 0 Å². The minimum atomic E-state index is 0.476. The molecular weight excluding hydrogens is 150 g/mol. The lowest BCUT2D eigenvalue weighted by Gasteiger charge is -1.98. The molecule has 12 heavy (non-hydrogen) atoms. The highest BCUT2D eigenvalue weighted by atomic mass is 14.7. The topological polar surface area (TPSA) is 62.7 Å². The molecule has 3 heteroatoms. The molecule has 0 bridgehead atoms. The molecule has 1 rings (SSSR count). The van der Waals surface area contributed by atoms with E-state index < -0.39 is 0 Å². The molecule has 0 saturated heterocycles. The molecule has 3 nitrogen and oxygen atoms in total. The van der Waals surface area contributed by atoms with Gasteiger partial charge in [-0.25, -0.2) is 4.98 Å². The fraction of sp³-hybridized carbons (Fsp3) is 0.333. The van der Waals surface area contributed by atoms with Crippen molar-refractivity contribution >= 4 is 0 Å². The molecule has 0 saturated carbocycles. The van der Waals surface area contributed by atoms with Crippen molar-refractivity contribution in [3.05, 3.63) is 29.6 Å². The number of hydrogen-bond acceptors (Lipinski definition) is 3. The van der Waals surface area contributed by atoms with E-state index in [1.54, 1.807) is 12.3 Å². The molecule has 1 aromatic heterocycles. The monoisotopic (exact) mass is 161 g/mol. The van der Waals surface area contributed by atoms with Gasteiger partial charge in [0, 0.05) is 6.20 Å². The minimum Gasteiger partial charge on any atom is -0.330 e. The van der Waals surface area contributed by atoms with Gasteiger partial charge in [-0.1, -0.05) is 0 Å². The summed E-state index contributed by atoms with van der Waals surface area (Å²) in [5.74, 6) is 0. The largest absolute Gasteiger partial charge is 0.330 e. The van der Waals surface area contributed by atoms with Crippen molar-refractivity contribution in [2.75, 3.05) is 6.54 Å². The van der Waals surface area contributed by atoms with Crippen molar-refractivity contribution in [3.8, 4) is 6.07 Å². The van der Waals surface area contributed by atoms with Gasteiger partial charge in [0.1, 0.15) is 11.8 Å². The van der Waals surface area contributed by atoms with E-state index in [0.29, 0.717) is 12.2 Å². The molecule has 0 aromatic carbocycles. The highest BCUT2D eigenvalue weighted by molar-refractivity contribution is 5.25. The maximum absolute atomic E-state index is 8.55. The van der Waals surface area contributed by atoms with Gasteiger partial charge in [0.05, 0.1) is 0 Å². The first-order valence-corrected chi connectivity index (χ1v) is 3.92. The minimum absolute atomic E-state index is 0.476. The van der Waals surface area contributed by atoms with Crippen LogP contribution in [-0.2, 0) is 6.42 Å². The lowest BCUT2D eigenvalue weighted by atomic mass is 10.1. The van der Waals surface area contributed by atoms with Crippen LogP contribution in [0, 0.1) is 11.3 Å². The number of pyridine rings is 1. The van der Waals surface area contributed by atoms with Crippen LogP contribution in [0.1, 0.15) is 17.7 Å². The van der Waals surface area contributed by atoms with Gasteiger partial charge in [-0.3, -0.25) is 0 Å². The van der Waals surface area contributed by atoms with Crippen LogP contribution >= 0.6 is 0 Å². The van der Waals surface area contributed by atoms with E-state index in [1.165, 1.54) is 0 Å². The summed E-state index contributed by atoms with van der Waals surface area (Å²) >= 11 is 0. The first-order valence-electron chi connectivity index (χ1n) is 3.92. The molecule has 0 atom stereocenters. The van der Waals surface area contributed by atoms with Gasteiger partial charge >= 0.3 is 0 Å². The van der Waals surface area contributed by atoms with E-state index in [9.17, 15) is 0 Å². The fourth-order valence-corrected chi connectivity index (χ4v) is 0.997. The SMILES string of the molecule is N#Cc1cc(CCCN)ccn1. The lowest BCUT2D eigenvalue weighted by Crippen LogP contribution is -2.00. The molecule has 1 aromatic rings. The second kappa shape index (κ2) is 4.47. The molecule has 0 spiro atoms. The van der Waals surface area contributed by atoms with Crippen molar-refractivity contribution in [1.29, 1.82) is 5.26 Å². The Morgan fingerprint density at radius 3 is 3.08 bits per heavy atom. The summed E-state index contributed by atoms with van der Waals surface area (Å²) in [6.07, 6.45) is 3.53. The molecule has 0 fully saturated rings. The quantitative estimate of drug-likeness (QED) is 0.714. The van der Waals surface area contributed by atoms with Crippen molar-refractivity contribution in [2.45, 2.75) is 12.8 Å². The number of aromatic nitrogens is 1. The number of nitrogens with zero attached hydrogens (tertiary/aromatic N) is 2. The Kier molecular flexibility index (Phi) is 3.24. The zero-order chi connectivity index (χ0) is 8.81. The highest BCUT2D eigenvalue weighted by Crippen LogP contribution is 2.03. The summed E-state index contributed by atoms with van der Waals surface area (Å²) in [5, 5.41) is 8.55. The van der Waals surface area contributed by atoms with E-state index in [0.717, 1.165) is 18.4 Å². The summed E-state index contributed by atoms with van der Waals surface area (Å²) in [7, 11) is 0. The number of rotatable bonds is 3. The van der Waals surface area contributed by atoms with Crippen molar-refractivity contribution in [3.63, 3.8) is 0 Å². The van der Waals surface area contributed by atoms with Crippen LogP contribution in [0.25, 0.3) is 0 Å². The molecule has 0 radical (unpaired) electrons.